The Kier molecular flexibility index (Phi) is 4.10. The van der Waals surface area contributed by atoms with Crippen LogP contribution in [-0.2, 0) is 17.8 Å². The van der Waals surface area contributed by atoms with Gasteiger partial charge in [-0.05, 0) is 54.5 Å². The summed E-state index contributed by atoms with van der Waals surface area (Å²) in [4.78, 5) is 6.63. The van der Waals surface area contributed by atoms with Crippen molar-refractivity contribution in [1.82, 2.24) is 4.98 Å². The Morgan fingerprint density at radius 1 is 1.26 bits per heavy atom. The first-order chi connectivity index (χ1) is 13.2. The average Bonchev–Trinajstić information content (AvgIpc) is 2.65. The van der Waals surface area contributed by atoms with Gasteiger partial charge >= 0.3 is 0 Å². The Bertz CT molecular complexity index is 839. The Labute approximate surface area is 159 Å². The third kappa shape index (κ3) is 2.89. The lowest BCUT2D eigenvalue weighted by atomic mass is 9.55. The maximum atomic E-state index is 10.8. The number of aromatic nitrogens is 1. The van der Waals surface area contributed by atoms with E-state index in [0.29, 0.717) is 11.3 Å². The van der Waals surface area contributed by atoms with E-state index >= 15 is 0 Å². The zero-order valence-corrected chi connectivity index (χ0v) is 15.7. The first-order valence-electron chi connectivity index (χ1n) is 9.78. The molecule has 5 rings (SSSR count). The van der Waals surface area contributed by atoms with Crippen LogP contribution in [0.2, 0.25) is 0 Å². The van der Waals surface area contributed by atoms with Crippen molar-refractivity contribution in [3.05, 3.63) is 53.3 Å². The van der Waals surface area contributed by atoms with Crippen molar-refractivity contribution in [3.63, 3.8) is 0 Å². The van der Waals surface area contributed by atoms with E-state index in [4.69, 9.17) is 9.47 Å². The molecular formula is C22H26N2O3. The van der Waals surface area contributed by atoms with Crippen molar-refractivity contribution in [3.8, 4) is 5.75 Å². The molecule has 3 aliphatic rings. The number of aliphatic hydroxyl groups is 1. The Hall–Kier alpha value is -2.11. The fourth-order valence-corrected chi connectivity index (χ4v) is 5.08. The summed E-state index contributed by atoms with van der Waals surface area (Å²) >= 11 is 0. The molecule has 1 spiro atoms. The second kappa shape index (κ2) is 6.50. The van der Waals surface area contributed by atoms with Crippen LogP contribution < -0.4 is 9.64 Å². The summed E-state index contributed by atoms with van der Waals surface area (Å²) in [6.07, 6.45) is 6.11. The number of hydrogen-bond donors (Lipinski definition) is 1. The molecule has 0 bridgehead atoms. The maximum absolute atomic E-state index is 10.8. The molecule has 5 nitrogen and oxygen atoms in total. The number of benzene rings is 1. The molecule has 0 amide bonds. The number of aliphatic hydroxyl groups excluding tert-OH is 1. The van der Waals surface area contributed by atoms with Gasteiger partial charge in [-0.3, -0.25) is 4.98 Å². The number of rotatable bonds is 4. The van der Waals surface area contributed by atoms with Crippen molar-refractivity contribution in [1.29, 1.82) is 0 Å². The van der Waals surface area contributed by atoms with Crippen LogP contribution in [0.3, 0.4) is 0 Å². The lowest BCUT2D eigenvalue weighted by Crippen LogP contribution is -2.63. The topological polar surface area (TPSA) is 54.8 Å². The molecule has 1 aromatic heterocycles. The fourth-order valence-electron chi connectivity index (χ4n) is 5.08. The molecule has 2 aliphatic heterocycles. The average molecular weight is 366 g/mol. The van der Waals surface area contributed by atoms with E-state index in [-0.39, 0.29) is 0 Å². The lowest BCUT2D eigenvalue weighted by Gasteiger charge is -2.61. The highest BCUT2D eigenvalue weighted by Crippen LogP contribution is 2.57. The summed E-state index contributed by atoms with van der Waals surface area (Å²) in [5.74, 6) is 1.03. The van der Waals surface area contributed by atoms with Gasteiger partial charge in [-0.2, -0.15) is 0 Å². The van der Waals surface area contributed by atoms with Crippen LogP contribution in [0.5, 0.6) is 5.75 Å². The minimum absolute atomic E-state index is 0.297. The van der Waals surface area contributed by atoms with E-state index in [9.17, 15) is 5.11 Å². The molecule has 2 aromatic rings. The Morgan fingerprint density at radius 3 is 2.93 bits per heavy atom. The number of ether oxygens (including phenoxy) is 2. The molecule has 1 aliphatic carbocycles. The predicted octanol–water partition coefficient (Wildman–Crippen LogP) is 3.11. The van der Waals surface area contributed by atoms with Gasteiger partial charge in [0.25, 0.3) is 0 Å². The molecule has 1 atom stereocenters. The first-order valence-corrected chi connectivity index (χ1v) is 9.78. The third-order valence-corrected chi connectivity index (χ3v) is 6.57. The number of pyridine rings is 1. The zero-order chi connectivity index (χ0) is 18.4. The Morgan fingerprint density at radius 2 is 2.11 bits per heavy atom. The van der Waals surface area contributed by atoms with E-state index in [1.165, 1.54) is 16.8 Å². The molecule has 1 N–H and O–H groups in total. The molecule has 0 radical (unpaired) electrons. The van der Waals surface area contributed by atoms with E-state index in [1.54, 1.807) is 19.5 Å². The zero-order valence-electron chi connectivity index (χ0n) is 15.7. The number of anilines is 1. The van der Waals surface area contributed by atoms with E-state index in [1.807, 2.05) is 6.07 Å². The van der Waals surface area contributed by atoms with Crippen LogP contribution in [0.4, 0.5) is 5.69 Å². The van der Waals surface area contributed by atoms with Gasteiger partial charge in [0, 0.05) is 42.1 Å². The highest BCUT2D eigenvalue weighted by Gasteiger charge is 2.54. The van der Waals surface area contributed by atoms with Crippen molar-refractivity contribution in [2.45, 2.75) is 32.0 Å². The molecule has 1 saturated heterocycles. The van der Waals surface area contributed by atoms with Crippen molar-refractivity contribution >= 4 is 5.69 Å². The van der Waals surface area contributed by atoms with Crippen LogP contribution in [0, 0.1) is 11.3 Å². The van der Waals surface area contributed by atoms with Gasteiger partial charge < -0.3 is 19.5 Å². The number of methoxy groups -OCH3 is 1. The van der Waals surface area contributed by atoms with E-state index < -0.39 is 6.10 Å². The van der Waals surface area contributed by atoms with Gasteiger partial charge in [0.05, 0.1) is 26.4 Å². The maximum Gasteiger partial charge on any atom is 0.127 e. The standard InChI is InChI=1S/C22H26N2O3/c1-26-20-4-6-23-11-19(20)21(25)17-9-22(10-17)13-24(14-22)18-3-2-16-12-27-7-5-15(16)8-18/h2-4,6,8,11,17,21,25H,5,7,9-10,12-14H2,1H3. The second-order valence-electron chi connectivity index (χ2n) is 8.34. The monoisotopic (exact) mass is 366 g/mol. The molecule has 5 heteroatoms. The van der Waals surface area contributed by atoms with Crippen LogP contribution in [0.25, 0.3) is 0 Å². The van der Waals surface area contributed by atoms with Crippen molar-refractivity contribution in [2.75, 3.05) is 31.7 Å². The fraction of sp³-hybridized carbons (Fsp3) is 0.500. The van der Waals surface area contributed by atoms with Gasteiger partial charge in [-0.1, -0.05) is 6.07 Å². The number of nitrogens with zero attached hydrogens (tertiary/aromatic N) is 2. The minimum atomic E-state index is -0.489. The van der Waals surface area contributed by atoms with Gasteiger partial charge in [0.2, 0.25) is 0 Å². The van der Waals surface area contributed by atoms with Crippen LogP contribution >= 0.6 is 0 Å². The quantitative estimate of drug-likeness (QED) is 0.901. The highest BCUT2D eigenvalue weighted by molar-refractivity contribution is 5.54. The third-order valence-electron chi connectivity index (χ3n) is 6.57. The van der Waals surface area contributed by atoms with E-state index in [0.717, 1.165) is 56.9 Å². The first kappa shape index (κ1) is 17.0. The molecule has 3 heterocycles. The summed E-state index contributed by atoms with van der Waals surface area (Å²) in [5, 5.41) is 10.8. The minimum Gasteiger partial charge on any atom is -0.496 e. The molecular weight excluding hydrogens is 340 g/mol. The summed E-state index contributed by atoms with van der Waals surface area (Å²) in [5.41, 5.74) is 5.29. The highest BCUT2D eigenvalue weighted by atomic mass is 16.5. The molecule has 142 valence electrons. The summed E-state index contributed by atoms with van der Waals surface area (Å²) in [6.45, 7) is 3.76. The SMILES string of the molecule is COc1ccncc1C(O)C1CC2(C1)CN(c1ccc3c(c1)CCOC3)C2. The van der Waals surface area contributed by atoms with E-state index in [2.05, 4.69) is 28.1 Å². The van der Waals surface area contributed by atoms with Gasteiger partial charge in [-0.15, -0.1) is 0 Å². The number of fused-ring (bicyclic) bond motifs is 1. The second-order valence-corrected chi connectivity index (χ2v) is 8.34. The predicted molar refractivity (Wildman–Crippen MR) is 103 cm³/mol. The molecule has 1 saturated carbocycles. The van der Waals surface area contributed by atoms with Crippen molar-refractivity contribution < 1.29 is 14.6 Å². The van der Waals surface area contributed by atoms with Crippen LogP contribution in [-0.4, -0.2) is 36.9 Å². The van der Waals surface area contributed by atoms with Crippen LogP contribution in [0.1, 0.15) is 35.6 Å². The summed E-state index contributed by atoms with van der Waals surface area (Å²) in [7, 11) is 1.64. The molecule has 2 fully saturated rings. The van der Waals surface area contributed by atoms with Gasteiger partial charge in [0.15, 0.2) is 0 Å². The largest absolute Gasteiger partial charge is 0.496 e. The smallest absolute Gasteiger partial charge is 0.127 e. The molecule has 1 aromatic carbocycles. The van der Waals surface area contributed by atoms with Gasteiger partial charge in [0.1, 0.15) is 5.75 Å². The molecule has 27 heavy (non-hydrogen) atoms. The van der Waals surface area contributed by atoms with Crippen molar-refractivity contribution in [2.24, 2.45) is 11.3 Å². The number of hydrogen-bond acceptors (Lipinski definition) is 5. The lowest BCUT2D eigenvalue weighted by molar-refractivity contribution is -0.0516. The van der Waals surface area contributed by atoms with Crippen LogP contribution in [0.15, 0.2) is 36.7 Å². The summed E-state index contributed by atoms with van der Waals surface area (Å²) < 4.78 is 10.9. The van der Waals surface area contributed by atoms with Gasteiger partial charge in [-0.25, -0.2) is 0 Å². The summed E-state index contributed by atoms with van der Waals surface area (Å²) in [6, 6.07) is 8.61. The normalized spacial score (nSPS) is 21.9. The Balaban J connectivity index is 1.21. The molecule has 1 unspecified atom stereocenters.